The number of aliphatic hydroxyl groups excluding tert-OH is 2. The topological polar surface area (TPSA) is 181 Å². The summed E-state index contributed by atoms with van der Waals surface area (Å²) < 4.78 is 5.51. The van der Waals surface area contributed by atoms with E-state index in [4.69, 9.17) is 24.7 Å². The number of ether oxygens (including phenoxy) is 1. The molecule has 0 aliphatic carbocycles. The van der Waals surface area contributed by atoms with Crippen LogP contribution in [-0.2, 0) is 11.3 Å². The predicted octanol–water partition coefficient (Wildman–Crippen LogP) is 6.21. The van der Waals surface area contributed by atoms with Crippen molar-refractivity contribution in [3.05, 3.63) is 132 Å². The van der Waals surface area contributed by atoms with Gasteiger partial charge in [0.25, 0.3) is 0 Å². The summed E-state index contributed by atoms with van der Waals surface area (Å²) in [5.74, 6) is 2.61. The fourth-order valence-corrected chi connectivity index (χ4v) is 7.92. The lowest BCUT2D eigenvalue weighted by Gasteiger charge is -2.41. The van der Waals surface area contributed by atoms with Gasteiger partial charge in [-0.3, -0.25) is 0 Å². The molecule has 318 valence electrons. The van der Waals surface area contributed by atoms with E-state index in [0.29, 0.717) is 54.8 Å². The number of phenolic OH excluding ortho intramolecular Hbond substituents is 2. The van der Waals surface area contributed by atoms with E-state index >= 15 is 0 Å². The van der Waals surface area contributed by atoms with Crippen LogP contribution in [0.25, 0.3) is 44.6 Å². The molecule has 9 rings (SSSR count). The molecule has 2 aromatic heterocycles. The zero-order valence-electron chi connectivity index (χ0n) is 34.7. The number of aromatic nitrogens is 4. The molecule has 2 fully saturated rings. The Morgan fingerprint density at radius 1 is 0.661 bits per heavy atom. The quantitative estimate of drug-likeness (QED) is 0.117. The summed E-state index contributed by atoms with van der Waals surface area (Å²) in [4.78, 5) is 37.6. The minimum absolute atomic E-state index is 0.0413. The highest BCUT2D eigenvalue weighted by atomic mass is 16.6. The Bertz CT molecular complexity index is 2680. The van der Waals surface area contributed by atoms with Gasteiger partial charge in [0.15, 0.2) is 11.6 Å². The molecule has 5 N–H and O–H groups in total. The van der Waals surface area contributed by atoms with E-state index < -0.39 is 6.09 Å². The first-order valence-electron chi connectivity index (χ1n) is 20.8. The predicted molar refractivity (Wildman–Crippen MR) is 240 cm³/mol. The molecule has 2 atom stereocenters. The number of nitrogens with zero attached hydrogens (tertiary/aromatic N) is 7. The number of hydrogen-bond acceptors (Lipinski definition) is 13. The number of benzene rings is 5. The third kappa shape index (κ3) is 9.08. The van der Waals surface area contributed by atoms with Crippen LogP contribution in [0.2, 0.25) is 0 Å². The van der Waals surface area contributed by atoms with Gasteiger partial charge < -0.3 is 45.2 Å². The molecular weight excluding hydrogens is 785 g/mol. The lowest BCUT2D eigenvalue weighted by Crippen LogP contribution is -2.56. The number of amides is 1. The van der Waals surface area contributed by atoms with Crippen LogP contribution in [0.3, 0.4) is 0 Å². The zero-order valence-corrected chi connectivity index (χ0v) is 34.7. The first kappa shape index (κ1) is 41.8. The van der Waals surface area contributed by atoms with Gasteiger partial charge in [0, 0.05) is 50.0 Å². The van der Waals surface area contributed by atoms with Crippen LogP contribution in [0, 0.1) is 13.8 Å². The molecule has 4 heterocycles. The fraction of sp³-hybridized carbons (Fsp3) is 0.271. The van der Waals surface area contributed by atoms with Gasteiger partial charge in [-0.1, -0.05) is 66.7 Å². The first-order valence-corrected chi connectivity index (χ1v) is 20.8. The summed E-state index contributed by atoms with van der Waals surface area (Å²) in [5.41, 5.74) is 5.81. The van der Waals surface area contributed by atoms with Crippen molar-refractivity contribution in [1.29, 1.82) is 0 Å². The van der Waals surface area contributed by atoms with Crippen LogP contribution in [0.15, 0.2) is 115 Å². The summed E-state index contributed by atoms with van der Waals surface area (Å²) >= 11 is 0. The Kier molecular flexibility index (Phi) is 12.7. The number of rotatable bonds is 8. The van der Waals surface area contributed by atoms with E-state index in [-0.39, 0.29) is 43.4 Å². The van der Waals surface area contributed by atoms with Crippen molar-refractivity contribution in [1.82, 2.24) is 30.2 Å². The van der Waals surface area contributed by atoms with Gasteiger partial charge in [-0.2, -0.15) is 0 Å². The molecular formula is C48H50N8O6. The van der Waals surface area contributed by atoms with Crippen LogP contribution in [0.4, 0.5) is 16.4 Å². The number of nitrogens with one attached hydrogen (secondary N) is 1. The number of para-hydroxylation sites is 2. The van der Waals surface area contributed by atoms with Crippen molar-refractivity contribution in [2.24, 2.45) is 0 Å². The van der Waals surface area contributed by atoms with Gasteiger partial charge in [-0.05, 0) is 79.1 Å². The molecule has 14 heteroatoms. The molecule has 7 aromatic rings. The molecule has 2 saturated heterocycles. The summed E-state index contributed by atoms with van der Waals surface area (Å²) in [5, 5.41) is 45.9. The zero-order chi connectivity index (χ0) is 43.2. The second-order valence-electron chi connectivity index (χ2n) is 15.6. The third-order valence-electron chi connectivity index (χ3n) is 11.2. The average Bonchev–Trinajstić information content (AvgIpc) is 3.30. The van der Waals surface area contributed by atoms with Crippen LogP contribution in [-0.4, -0.2) is 116 Å². The van der Waals surface area contributed by atoms with Crippen molar-refractivity contribution < 1.29 is 30.0 Å². The average molecular weight is 835 g/mol. The lowest BCUT2D eigenvalue weighted by molar-refractivity contribution is 0.0836. The van der Waals surface area contributed by atoms with Crippen LogP contribution in [0.5, 0.6) is 11.5 Å². The number of phenols is 2. The second kappa shape index (κ2) is 18.8. The highest BCUT2D eigenvalue weighted by Gasteiger charge is 2.32. The smallest absolute Gasteiger partial charge is 0.410 e. The van der Waals surface area contributed by atoms with E-state index in [1.54, 1.807) is 35.2 Å². The lowest BCUT2D eigenvalue weighted by atomic mass is 10.1. The molecule has 0 saturated carbocycles. The SMILES string of the molecule is Cc1ccc2c(N3CCN(C(=O)OCc4ccccc4)CC3CO)nc(-c3ccccc3O)nc2c1.Cc1ccc2c(N3CCNCC3CO)nc(-c3ccccc3O)nc2c1. The largest absolute Gasteiger partial charge is 0.507 e. The molecule has 2 unspecified atom stereocenters. The Hall–Kier alpha value is -6.87. The number of carbonyl (C=O) groups is 1. The molecule has 0 radical (unpaired) electrons. The van der Waals surface area contributed by atoms with Crippen LogP contribution < -0.4 is 15.1 Å². The van der Waals surface area contributed by atoms with Gasteiger partial charge >= 0.3 is 6.09 Å². The van der Waals surface area contributed by atoms with Crippen molar-refractivity contribution >= 4 is 39.5 Å². The minimum Gasteiger partial charge on any atom is -0.507 e. The molecule has 5 aromatic carbocycles. The standard InChI is InChI=1S/C28H28N4O4.C20H22N4O2/c1-19-11-12-22-24(15-19)29-26(23-9-5-6-10-25(23)34)30-27(22)32-14-13-31(16-21(32)17-33)28(35)36-18-20-7-3-2-4-8-20;1-13-6-7-15-17(10-13)22-19(16-4-2-3-5-18(16)26)23-20(15)24-9-8-21-11-14(24)12-25/h2-12,15,21,33-34H,13-14,16-18H2,1H3;2-7,10,14,21,25-26H,8-9,11-12H2,1H3. The van der Waals surface area contributed by atoms with E-state index in [0.717, 1.165) is 57.4 Å². The first-order chi connectivity index (χ1) is 30.2. The number of fused-ring (bicyclic) bond motifs is 2. The van der Waals surface area contributed by atoms with Crippen molar-refractivity contribution in [2.75, 3.05) is 62.3 Å². The highest BCUT2D eigenvalue weighted by molar-refractivity contribution is 5.93. The van der Waals surface area contributed by atoms with Crippen LogP contribution >= 0.6 is 0 Å². The Labute approximate surface area is 359 Å². The molecule has 2 aliphatic rings. The summed E-state index contributed by atoms with van der Waals surface area (Å²) in [6, 6.07) is 35.3. The fourth-order valence-electron chi connectivity index (χ4n) is 7.92. The number of hydrogen-bond donors (Lipinski definition) is 5. The molecule has 0 spiro atoms. The highest BCUT2D eigenvalue weighted by Crippen LogP contribution is 2.35. The summed E-state index contributed by atoms with van der Waals surface area (Å²) in [7, 11) is 0. The van der Waals surface area contributed by atoms with Gasteiger partial charge in [0.05, 0.1) is 47.5 Å². The number of piperazine rings is 2. The number of carbonyl (C=O) groups excluding carboxylic acids is 1. The number of aryl methyl sites for hydroxylation is 2. The Balaban J connectivity index is 0.000000180. The third-order valence-corrected chi connectivity index (χ3v) is 11.2. The summed E-state index contributed by atoms with van der Waals surface area (Å²) in [6.07, 6.45) is -0.407. The van der Waals surface area contributed by atoms with Crippen molar-refractivity contribution in [2.45, 2.75) is 32.5 Å². The van der Waals surface area contributed by atoms with Gasteiger partial charge in [-0.25, -0.2) is 24.7 Å². The molecule has 14 nitrogen and oxygen atoms in total. The molecule has 0 bridgehead atoms. The van der Waals surface area contributed by atoms with Crippen molar-refractivity contribution in [3.63, 3.8) is 0 Å². The maximum absolute atomic E-state index is 12.8. The Morgan fingerprint density at radius 3 is 1.74 bits per heavy atom. The van der Waals surface area contributed by atoms with E-state index in [2.05, 4.69) is 10.2 Å². The molecule has 62 heavy (non-hydrogen) atoms. The van der Waals surface area contributed by atoms with Crippen LogP contribution in [0.1, 0.15) is 16.7 Å². The minimum atomic E-state index is -0.407. The normalized spacial score (nSPS) is 16.5. The van der Waals surface area contributed by atoms with E-state index in [9.17, 15) is 25.2 Å². The van der Waals surface area contributed by atoms with Crippen molar-refractivity contribution in [3.8, 4) is 34.3 Å². The number of aromatic hydroxyl groups is 2. The van der Waals surface area contributed by atoms with Gasteiger partial charge in [0.2, 0.25) is 0 Å². The number of aliphatic hydroxyl groups is 2. The van der Waals surface area contributed by atoms with Gasteiger partial charge in [0.1, 0.15) is 29.7 Å². The second-order valence-corrected chi connectivity index (χ2v) is 15.6. The molecule has 1 amide bonds. The number of anilines is 2. The Morgan fingerprint density at radius 2 is 1.19 bits per heavy atom. The van der Waals surface area contributed by atoms with E-state index in [1.165, 1.54) is 0 Å². The maximum atomic E-state index is 12.8. The monoisotopic (exact) mass is 834 g/mol. The maximum Gasteiger partial charge on any atom is 0.410 e. The molecule has 2 aliphatic heterocycles. The summed E-state index contributed by atoms with van der Waals surface area (Å²) in [6.45, 7) is 7.60. The van der Waals surface area contributed by atoms with E-state index in [1.807, 2.05) is 104 Å². The van der Waals surface area contributed by atoms with Gasteiger partial charge in [-0.15, -0.1) is 0 Å².